The number of benzene rings is 1. The average Bonchev–Trinajstić information content (AvgIpc) is 2.53. The quantitative estimate of drug-likeness (QED) is 0.726. The summed E-state index contributed by atoms with van der Waals surface area (Å²) in [6, 6.07) is 9.23. The van der Waals surface area contributed by atoms with Gasteiger partial charge in [-0.3, -0.25) is 4.98 Å². The maximum Gasteiger partial charge on any atom is 0.410 e. The van der Waals surface area contributed by atoms with Crippen LogP contribution < -0.4 is 4.74 Å². The second kappa shape index (κ2) is 6.76. The topological polar surface area (TPSA) is 51.7 Å². The van der Waals surface area contributed by atoms with Gasteiger partial charge in [-0.25, -0.2) is 9.18 Å². The summed E-state index contributed by atoms with van der Waals surface area (Å²) >= 11 is 6.58. The molecule has 0 N–H and O–H groups in total. The maximum absolute atomic E-state index is 12.9. The molecule has 2 aromatic rings. The first-order valence-electron chi connectivity index (χ1n) is 8.21. The number of likely N-dealkylation sites (tertiary alicyclic amines) is 1. The number of ether oxygens (including phenoxy) is 2. The predicted octanol–water partition coefficient (Wildman–Crippen LogP) is 4.70. The number of rotatable bonds is 3. The van der Waals surface area contributed by atoms with Crippen LogP contribution in [0.5, 0.6) is 11.5 Å². The molecule has 0 radical (unpaired) electrons. The molecule has 0 bridgehead atoms. The Morgan fingerprint density at radius 3 is 2.31 bits per heavy atom. The minimum absolute atomic E-state index is 0.325. The van der Waals surface area contributed by atoms with Crippen molar-refractivity contribution < 1.29 is 18.7 Å². The molecule has 138 valence electrons. The minimum Gasteiger partial charge on any atom is -0.456 e. The summed E-state index contributed by atoms with van der Waals surface area (Å²) in [5, 5.41) is 0. The predicted molar refractivity (Wildman–Crippen MR) is 96.0 cm³/mol. The zero-order valence-electron chi connectivity index (χ0n) is 14.8. The highest BCUT2D eigenvalue weighted by Gasteiger charge is 2.47. The van der Waals surface area contributed by atoms with Crippen LogP contribution in [-0.4, -0.2) is 34.7 Å². The lowest BCUT2D eigenvalue weighted by atomic mass is 9.95. The summed E-state index contributed by atoms with van der Waals surface area (Å²) in [6.07, 6.45) is 1.17. The maximum atomic E-state index is 12.9. The summed E-state index contributed by atoms with van der Waals surface area (Å²) in [5.74, 6) is 0.708. The minimum atomic E-state index is -0.731. The number of halogens is 2. The van der Waals surface area contributed by atoms with Gasteiger partial charge in [0.15, 0.2) is 0 Å². The van der Waals surface area contributed by atoms with Crippen molar-refractivity contribution in [1.82, 2.24) is 9.88 Å². The highest BCUT2D eigenvalue weighted by Crippen LogP contribution is 2.38. The van der Waals surface area contributed by atoms with Crippen molar-refractivity contribution in [3.63, 3.8) is 0 Å². The van der Waals surface area contributed by atoms with Crippen LogP contribution in [0.25, 0.3) is 0 Å². The van der Waals surface area contributed by atoms with Gasteiger partial charge in [-0.1, -0.05) is 0 Å². The van der Waals surface area contributed by atoms with Crippen molar-refractivity contribution in [3.05, 3.63) is 54.1 Å². The molecule has 0 saturated carbocycles. The smallest absolute Gasteiger partial charge is 0.410 e. The molecule has 7 heteroatoms. The SMILES string of the molecule is CC(C)(C)OC(=O)N1CC(Cl)(c2ccc(Oc3ccc(F)cc3)cn2)C1. The number of hydrogen-bond acceptors (Lipinski definition) is 4. The highest BCUT2D eigenvalue weighted by atomic mass is 35.5. The zero-order chi connectivity index (χ0) is 18.9. The van der Waals surface area contributed by atoms with Crippen LogP contribution in [-0.2, 0) is 9.61 Å². The molecular formula is C19H20ClFN2O3. The van der Waals surface area contributed by atoms with Crippen molar-refractivity contribution in [1.29, 1.82) is 0 Å². The second-order valence-corrected chi connectivity index (χ2v) is 7.96. The van der Waals surface area contributed by atoms with E-state index in [0.717, 1.165) is 0 Å². The Labute approximate surface area is 156 Å². The first kappa shape index (κ1) is 18.5. The van der Waals surface area contributed by atoms with E-state index in [-0.39, 0.29) is 11.9 Å². The zero-order valence-corrected chi connectivity index (χ0v) is 15.6. The van der Waals surface area contributed by atoms with Gasteiger partial charge in [-0.2, -0.15) is 0 Å². The molecular weight excluding hydrogens is 359 g/mol. The number of aromatic nitrogens is 1. The molecule has 0 atom stereocenters. The van der Waals surface area contributed by atoms with Crippen molar-refractivity contribution in [3.8, 4) is 11.5 Å². The van der Waals surface area contributed by atoms with Crippen LogP contribution in [0.1, 0.15) is 26.5 Å². The average molecular weight is 379 g/mol. The first-order valence-corrected chi connectivity index (χ1v) is 8.59. The fourth-order valence-corrected chi connectivity index (χ4v) is 2.92. The number of carbonyl (C=O) groups excluding carboxylic acids is 1. The van der Waals surface area contributed by atoms with E-state index >= 15 is 0 Å². The largest absolute Gasteiger partial charge is 0.456 e. The number of alkyl halides is 1. The Hall–Kier alpha value is -2.34. The standard InChI is InChI=1S/C19H20ClFN2O3/c1-18(2,3)26-17(24)23-11-19(20,12-23)16-9-8-15(10-22-16)25-14-6-4-13(21)5-7-14/h4-10H,11-12H2,1-3H3. The highest BCUT2D eigenvalue weighted by molar-refractivity contribution is 6.25. The van der Waals surface area contributed by atoms with Gasteiger partial charge in [0.05, 0.1) is 25.0 Å². The number of carbonyl (C=O) groups is 1. The Morgan fingerprint density at radius 1 is 1.15 bits per heavy atom. The number of pyridine rings is 1. The third-order valence-corrected chi connectivity index (χ3v) is 4.21. The molecule has 1 fully saturated rings. The number of hydrogen-bond donors (Lipinski definition) is 0. The van der Waals surface area contributed by atoms with Gasteiger partial charge in [0.25, 0.3) is 0 Å². The number of amides is 1. The first-order chi connectivity index (χ1) is 12.1. The van der Waals surface area contributed by atoms with Gasteiger partial charge >= 0.3 is 6.09 Å². The van der Waals surface area contributed by atoms with Crippen molar-refractivity contribution in [2.45, 2.75) is 31.2 Å². The molecule has 0 aliphatic carbocycles. The van der Waals surface area contributed by atoms with E-state index in [4.69, 9.17) is 21.1 Å². The van der Waals surface area contributed by atoms with Crippen LogP contribution in [0.3, 0.4) is 0 Å². The van der Waals surface area contributed by atoms with E-state index < -0.39 is 10.5 Å². The van der Waals surface area contributed by atoms with Crippen LogP contribution in [0, 0.1) is 5.82 Å². The lowest BCUT2D eigenvalue weighted by molar-refractivity contribution is 0.00273. The van der Waals surface area contributed by atoms with E-state index in [1.165, 1.54) is 24.3 Å². The molecule has 5 nitrogen and oxygen atoms in total. The summed E-state index contributed by atoms with van der Waals surface area (Å²) in [6.45, 7) is 6.11. The van der Waals surface area contributed by atoms with Crippen LogP contribution in [0.4, 0.5) is 9.18 Å². The van der Waals surface area contributed by atoms with Gasteiger partial charge in [0, 0.05) is 0 Å². The molecule has 1 aromatic carbocycles. The molecule has 1 amide bonds. The summed E-state index contributed by atoms with van der Waals surface area (Å²) in [5.41, 5.74) is 0.115. The monoisotopic (exact) mass is 378 g/mol. The number of nitrogens with zero attached hydrogens (tertiary/aromatic N) is 2. The summed E-state index contributed by atoms with van der Waals surface area (Å²) in [7, 11) is 0. The van der Waals surface area contributed by atoms with E-state index in [9.17, 15) is 9.18 Å². The normalized spacial score (nSPS) is 16.0. The van der Waals surface area contributed by atoms with Gasteiger partial charge in [0.2, 0.25) is 0 Å². The molecule has 0 spiro atoms. The van der Waals surface area contributed by atoms with E-state index in [1.54, 1.807) is 23.2 Å². The Kier molecular flexibility index (Phi) is 4.80. The van der Waals surface area contributed by atoms with E-state index in [0.29, 0.717) is 30.3 Å². The third-order valence-electron chi connectivity index (χ3n) is 3.78. The molecule has 3 rings (SSSR count). The van der Waals surface area contributed by atoms with E-state index in [2.05, 4.69) is 4.98 Å². The summed E-state index contributed by atoms with van der Waals surface area (Å²) < 4.78 is 23.9. The summed E-state index contributed by atoms with van der Waals surface area (Å²) in [4.78, 5) is 17.2. The van der Waals surface area contributed by atoms with Crippen molar-refractivity contribution >= 4 is 17.7 Å². The molecule has 1 aliphatic rings. The van der Waals surface area contributed by atoms with E-state index in [1.807, 2.05) is 20.8 Å². The van der Waals surface area contributed by atoms with Crippen molar-refractivity contribution in [2.75, 3.05) is 13.1 Å². The van der Waals surface area contributed by atoms with Gasteiger partial charge in [-0.05, 0) is 57.2 Å². The molecule has 0 unspecified atom stereocenters. The lowest BCUT2D eigenvalue weighted by Crippen LogP contribution is -2.59. The fourth-order valence-electron chi connectivity index (χ4n) is 2.52. The Balaban J connectivity index is 1.60. The van der Waals surface area contributed by atoms with Gasteiger partial charge < -0.3 is 14.4 Å². The third kappa shape index (κ3) is 4.25. The van der Waals surface area contributed by atoms with Crippen molar-refractivity contribution in [2.24, 2.45) is 0 Å². The van der Waals surface area contributed by atoms with Crippen LogP contribution in [0.2, 0.25) is 0 Å². The fraction of sp³-hybridized carbons (Fsp3) is 0.368. The van der Waals surface area contributed by atoms with Gasteiger partial charge in [-0.15, -0.1) is 11.6 Å². The molecule has 1 aliphatic heterocycles. The lowest BCUT2D eigenvalue weighted by Gasteiger charge is -2.45. The molecule has 1 aromatic heterocycles. The van der Waals surface area contributed by atoms with Gasteiger partial charge in [0.1, 0.15) is 27.8 Å². The van der Waals surface area contributed by atoms with Crippen LogP contribution >= 0.6 is 11.6 Å². The van der Waals surface area contributed by atoms with Crippen LogP contribution in [0.15, 0.2) is 42.6 Å². The Bertz CT molecular complexity index is 782. The molecule has 1 saturated heterocycles. The second-order valence-electron chi connectivity index (χ2n) is 7.24. The molecule has 26 heavy (non-hydrogen) atoms. The Morgan fingerprint density at radius 2 is 1.77 bits per heavy atom. The molecule has 2 heterocycles.